The molecule has 1 atom stereocenters. The molecule has 1 N–H and O–H groups in total. The molecule has 1 aromatic heterocycles. The maximum absolute atomic E-state index is 5.84. The Bertz CT molecular complexity index is 527. The Kier molecular flexibility index (Phi) is 10.5. The van der Waals surface area contributed by atoms with E-state index in [0.29, 0.717) is 5.92 Å². The van der Waals surface area contributed by atoms with Crippen LogP contribution in [-0.2, 0) is 15.9 Å². The summed E-state index contributed by atoms with van der Waals surface area (Å²) in [4.78, 5) is 7.14. The van der Waals surface area contributed by atoms with Crippen molar-refractivity contribution in [3.05, 3.63) is 24.2 Å². The summed E-state index contributed by atoms with van der Waals surface area (Å²) in [5, 5.41) is 3.52. The van der Waals surface area contributed by atoms with Crippen LogP contribution in [-0.4, -0.2) is 63.5 Å². The molecule has 3 heterocycles. The van der Waals surface area contributed by atoms with Crippen LogP contribution in [0.1, 0.15) is 37.9 Å². The predicted molar refractivity (Wildman–Crippen MR) is 118 cm³/mol. The second-order valence-corrected chi connectivity index (χ2v) is 7.35. The largest absolute Gasteiger partial charge is 0.469 e. The van der Waals surface area contributed by atoms with Gasteiger partial charge in [-0.1, -0.05) is 0 Å². The van der Waals surface area contributed by atoms with E-state index in [0.717, 1.165) is 76.9 Å². The van der Waals surface area contributed by atoms with E-state index in [4.69, 9.17) is 18.9 Å². The van der Waals surface area contributed by atoms with Crippen LogP contribution in [0.3, 0.4) is 0 Å². The summed E-state index contributed by atoms with van der Waals surface area (Å²) >= 11 is 0. The van der Waals surface area contributed by atoms with Crippen molar-refractivity contribution in [3.8, 4) is 0 Å². The quantitative estimate of drug-likeness (QED) is 0.361. The van der Waals surface area contributed by atoms with Crippen LogP contribution < -0.4 is 5.32 Å². The Labute approximate surface area is 180 Å². The Morgan fingerprint density at radius 2 is 2.07 bits per heavy atom. The first-order valence-corrected chi connectivity index (χ1v) is 10.0. The van der Waals surface area contributed by atoms with Crippen molar-refractivity contribution in [1.82, 2.24) is 10.2 Å². The lowest BCUT2D eigenvalue weighted by molar-refractivity contribution is 0.0223. The minimum atomic E-state index is 0. The normalized spacial score (nSPS) is 21.5. The van der Waals surface area contributed by atoms with Gasteiger partial charge < -0.3 is 24.1 Å². The lowest BCUT2D eigenvalue weighted by Gasteiger charge is -2.30. The van der Waals surface area contributed by atoms with Gasteiger partial charge in [-0.2, -0.15) is 0 Å². The van der Waals surface area contributed by atoms with Gasteiger partial charge in [0.05, 0.1) is 18.9 Å². The average Bonchev–Trinajstić information content (AvgIpc) is 3.19. The molecule has 2 saturated heterocycles. The van der Waals surface area contributed by atoms with Crippen LogP contribution in [0.5, 0.6) is 0 Å². The molecular formula is C20H34IN3O3. The first kappa shape index (κ1) is 22.5. The number of rotatable bonds is 7. The van der Waals surface area contributed by atoms with Crippen molar-refractivity contribution in [2.75, 3.05) is 46.5 Å². The number of furan rings is 1. The number of ether oxygens (including phenoxy) is 2. The van der Waals surface area contributed by atoms with E-state index in [1.54, 1.807) is 6.26 Å². The lowest BCUT2D eigenvalue weighted by Crippen LogP contribution is -2.43. The van der Waals surface area contributed by atoms with Gasteiger partial charge in [0.1, 0.15) is 5.76 Å². The summed E-state index contributed by atoms with van der Waals surface area (Å²) in [7, 11) is 2.13. The lowest BCUT2D eigenvalue weighted by atomic mass is 10.00. The SMILES string of the molecule is CN(CC1CCOCC1)C(=NCC1CCCCO1)NCCc1ccco1.I. The smallest absolute Gasteiger partial charge is 0.193 e. The zero-order chi connectivity index (χ0) is 18.0. The number of hydrogen-bond acceptors (Lipinski definition) is 4. The van der Waals surface area contributed by atoms with Crippen LogP contribution in [0.25, 0.3) is 0 Å². The molecule has 1 unspecified atom stereocenters. The summed E-state index contributed by atoms with van der Waals surface area (Å²) in [6.45, 7) is 5.21. The third kappa shape index (κ3) is 7.99. The maximum Gasteiger partial charge on any atom is 0.193 e. The summed E-state index contributed by atoms with van der Waals surface area (Å²) in [5.41, 5.74) is 0. The Balaban J connectivity index is 0.00000261. The number of halogens is 1. The van der Waals surface area contributed by atoms with E-state index < -0.39 is 0 Å². The fourth-order valence-electron chi connectivity index (χ4n) is 3.61. The molecule has 3 rings (SSSR count). The van der Waals surface area contributed by atoms with Crippen LogP contribution in [0.4, 0.5) is 0 Å². The first-order chi connectivity index (χ1) is 12.8. The molecule has 1 aromatic rings. The molecule has 6 nitrogen and oxygen atoms in total. The van der Waals surface area contributed by atoms with Gasteiger partial charge in [0.15, 0.2) is 5.96 Å². The summed E-state index contributed by atoms with van der Waals surface area (Å²) in [6.07, 6.45) is 8.66. The third-order valence-electron chi connectivity index (χ3n) is 5.19. The monoisotopic (exact) mass is 491 g/mol. The van der Waals surface area contributed by atoms with Gasteiger partial charge in [0.25, 0.3) is 0 Å². The van der Waals surface area contributed by atoms with Gasteiger partial charge in [-0.15, -0.1) is 24.0 Å². The van der Waals surface area contributed by atoms with E-state index in [9.17, 15) is 0 Å². The number of nitrogens with one attached hydrogen (secondary N) is 1. The minimum absolute atomic E-state index is 0. The molecule has 2 fully saturated rings. The minimum Gasteiger partial charge on any atom is -0.469 e. The topological polar surface area (TPSA) is 59.2 Å². The molecular weight excluding hydrogens is 457 g/mol. The van der Waals surface area contributed by atoms with Gasteiger partial charge in [-0.3, -0.25) is 4.99 Å². The van der Waals surface area contributed by atoms with Crippen LogP contribution >= 0.6 is 24.0 Å². The zero-order valence-corrected chi connectivity index (χ0v) is 18.7. The summed E-state index contributed by atoms with van der Waals surface area (Å²) < 4.78 is 16.7. The highest BCUT2D eigenvalue weighted by molar-refractivity contribution is 14.0. The highest BCUT2D eigenvalue weighted by atomic mass is 127. The van der Waals surface area contributed by atoms with Gasteiger partial charge in [0, 0.05) is 46.4 Å². The Hall–Kier alpha value is -0.800. The molecule has 2 aliphatic heterocycles. The van der Waals surface area contributed by atoms with E-state index >= 15 is 0 Å². The summed E-state index contributed by atoms with van der Waals surface area (Å²) in [6, 6.07) is 3.95. The third-order valence-corrected chi connectivity index (χ3v) is 5.19. The number of nitrogens with zero attached hydrogens (tertiary/aromatic N) is 2. The molecule has 2 aliphatic rings. The molecule has 154 valence electrons. The number of aliphatic imine (C=N–C) groups is 1. The van der Waals surface area contributed by atoms with Crippen molar-refractivity contribution in [1.29, 1.82) is 0 Å². The second-order valence-electron chi connectivity index (χ2n) is 7.35. The van der Waals surface area contributed by atoms with Crippen molar-refractivity contribution in [2.45, 2.75) is 44.6 Å². The summed E-state index contributed by atoms with van der Waals surface area (Å²) in [5.74, 6) is 2.65. The van der Waals surface area contributed by atoms with Crippen molar-refractivity contribution >= 4 is 29.9 Å². The molecule has 0 aromatic carbocycles. The first-order valence-electron chi connectivity index (χ1n) is 10.0. The molecule has 0 amide bonds. The molecule has 7 heteroatoms. The molecule has 27 heavy (non-hydrogen) atoms. The number of guanidine groups is 1. The Morgan fingerprint density at radius 3 is 2.78 bits per heavy atom. The van der Waals surface area contributed by atoms with Crippen LogP contribution in [0.2, 0.25) is 0 Å². The predicted octanol–water partition coefficient (Wildman–Crippen LogP) is 3.31. The Morgan fingerprint density at radius 1 is 1.22 bits per heavy atom. The van der Waals surface area contributed by atoms with Gasteiger partial charge in [-0.05, 0) is 50.2 Å². The van der Waals surface area contributed by atoms with Crippen molar-refractivity contribution < 1.29 is 13.9 Å². The van der Waals surface area contributed by atoms with Crippen molar-refractivity contribution in [3.63, 3.8) is 0 Å². The molecule has 0 radical (unpaired) electrons. The van der Waals surface area contributed by atoms with Gasteiger partial charge in [-0.25, -0.2) is 0 Å². The molecule has 0 saturated carbocycles. The zero-order valence-electron chi connectivity index (χ0n) is 16.4. The van der Waals surface area contributed by atoms with E-state index in [1.165, 1.54) is 12.8 Å². The average molecular weight is 491 g/mol. The van der Waals surface area contributed by atoms with Crippen LogP contribution in [0.15, 0.2) is 27.8 Å². The molecule has 0 bridgehead atoms. The molecule has 0 aliphatic carbocycles. The van der Waals surface area contributed by atoms with E-state index in [2.05, 4.69) is 17.3 Å². The molecule has 0 spiro atoms. The maximum atomic E-state index is 5.84. The van der Waals surface area contributed by atoms with Gasteiger partial charge >= 0.3 is 0 Å². The van der Waals surface area contributed by atoms with Crippen LogP contribution in [0, 0.1) is 5.92 Å². The highest BCUT2D eigenvalue weighted by Gasteiger charge is 2.19. The standard InChI is InChI=1S/C20H33N3O3.HI/c1-23(16-17-8-13-24-14-9-17)20(21-10-7-18-6-4-12-25-18)22-15-19-5-2-3-11-26-19;/h4,6,12,17,19H,2-3,5,7-11,13-16H2,1H3,(H,21,22);1H. The fourth-order valence-corrected chi connectivity index (χ4v) is 3.61. The van der Waals surface area contributed by atoms with Crippen molar-refractivity contribution in [2.24, 2.45) is 10.9 Å². The van der Waals surface area contributed by atoms with E-state index in [1.807, 2.05) is 12.1 Å². The van der Waals surface area contributed by atoms with Gasteiger partial charge in [0.2, 0.25) is 0 Å². The highest BCUT2D eigenvalue weighted by Crippen LogP contribution is 2.16. The van der Waals surface area contributed by atoms with E-state index in [-0.39, 0.29) is 30.1 Å². The fraction of sp³-hybridized carbons (Fsp3) is 0.750. The number of hydrogen-bond donors (Lipinski definition) is 1. The second kappa shape index (κ2) is 12.6.